The van der Waals surface area contributed by atoms with Gasteiger partial charge in [0.1, 0.15) is 11.6 Å². The van der Waals surface area contributed by atoms with Crippen molar-refractivity contribution in [1.29, 1.82) is 0 Å². The van der Waals surface area contributed by atoms with E-state index in [1.165, 1.54) is 0 Å². The summed E-state index contributed by atoms with van der Waals surface area (Å²) in [6.45, 7) is 4.10. The molecule has 0 bridgehead atoms. The van der Waals surface area contributed by atoms with Gasteiger partial charge in [0.2, 0.25) is 5.91 Å². The fraction of sp³-hybridized carbons (Fsp3) is 0.105. The molecule has 0 saturated carbocycles. The lowest BCUT2D eigenvalue weighted by Gasteiger charge is -2.09. The average Bonchev–Trinajstić information content (AvgIpc) is 3.06. The Morgan fingerprint density at radius 1 is 1.21 bits per heavy atom. The summed E-state index contributed by atoms with van der Waals surface area (Å²) in [6.07, 6.45) is 1.66. The maximum absolute atomic E-state index is 13.7. The zero-order chi connectivity index (χ0) is 21.0. The van der Waals surface area contributed by atoms with Gasteiger partial charge in [0.25, 0.3) is 0 Å². The number of amides is 1. The number of hydrogen-bond donors (Lipinski definition) is 1. The van der Waals surface area contributed by atoms with Gasteiger partial charge in [0.15, 0.2) is 11.0 Å². The van der Waals surface area contributed by atoms with E-state index < -0.39 is 17.5 Å². The van der Waals surface area contributed by atoms with E-state index in [-0.39, 0.29) is 11.4 Å². The Kier molecular flexibility index (Phi) is 6.89. The topological polar surface area (TPSA) is 59.8 Å². The van der Waals surface area contributed by atoms with Gasteiger partial charge in [-0.1, -0.05) is 41.0 Å². The van der Waals surface area contributed by atoms with Gasteiger partial charge in [0, 0.05) is 23.2 Å². The standard InChI is InChI=1S/C19H14Cl2F2N4OS/c1-2-7-27-18(13-5-3-11(20)8-14(13)21)25-26-19(27)29-10-17(28)24-16-9-12(22)4-6-15(16)23/h2-6,8-9H,1,7,10H2,(H,24,28). The molecule has 0 unspecified atom stereocenters. The molecule has 0 radical (unpaired) electrons. The Morgan fingerprint density at radius 2 is 2.00 bits per heavy atom. The van der Waals surface area contributed by atoms with E-state index in [0.29, 0.717) is 33.1 Å². The molecule has 2 aromatic carbocycles. The van der Waals surface area contributed by atoms with Crippen molar-refractivity contribution in [2.24, 2.45) is 0 Å². The van der Waals surface area contributed by atoms with Crippen molar-refractivity contribution in [3.8, 4) is 11.4 Å². The third-order valence-electron chi connectivity index (χ3n) is 3.74. The van der Waals surface area contributed by atoms with Gasteiger partial charge >= 0.3 is 0 Å². The van der Waals surface area contributed by atoms with E-state index in [0.717, 1.165) is 30.0 Å². The fourth-order valence-electron chi connectivity index (χ4n) is 2.47. The lowest BCUT2D eigenvalue weighted by atomic mass is 10.2. The molecule has 1 amide bonds. The van der Waals surface area contributed by atoms with Crippen molar-refractivity contribution >= 4 is 46.6 Å². The first-order valence-corrected chi connectivity index (χ1v) is 10.0. The van der Waals surface area contributed by atoms with Gasteiger partial charge < -0.3 is 5.32 Å². The lowest BCUT2D eigenvalue weighted by molar-refractivity contribution is -0.113. The SMILES string of the molecule is C=CCn1c(SCC(=O)Nc2cc(F)ccc2F)nnc1-c1ccc(Cl)cc1Cl. The number of carbonyl (C=O) groups excluding carboxylic acids is 1. The molecule has 10 heteroatoms. The largest absolute Gasteiger partial charge is 0.323 e. The molecular weight excluding hydrogens is 441 g/mol. The predicted molar refractivity (Wildman–Crippen MR) is 111 cm³/mol. The Balaban J connectivity index is 1.77. The van der Waals surface area contributed by atoms with Crippen LogP contribution in [0, 0.1) is 11.6 Å². The van der Waals surface area contributed by atoms with Crippen molar-refractivity contribution < 1.29 is 13.6 Å². The molecule has 3 rings (SSSR count). The molecule has 1 N–H and O–H groups in total. The minimum Gasteiger partial charge on any atom is -0.323 e. The molecule has 3 aromatic rings. The van der Waals surface area contributed by atoms with Crippen LogP contribution in [0.1, 0.15) is 0 Å². The van der Waals surface area contributed by atoms with Crippen LogP contribution in [0.15, 0.2) is 54.2 Å². The number of anilines is 1. The van der Waals surface area contributed by atoms with Crippen molar-refractivity contribution in [3.05, 3.63) is 70.7 Å². The predicted octanol–water partition coefficient (Wildman–Crippen LogP) is 5.45. The van der Waals surface area contributed by atoms with Crippen LogP contribution in [-0.2, 0) is 11.3 Å². The fourth-order valence-corrected chi connectivity index (χ4v) is 3.71. The highest BCUT2D eigenvalue weighted by molar-refractivity contribution is 7.99. The number of carbonyl (C=O) groups is 1. The normalized spacial score (nSPS) is 10.8. The Bertz CT molecular complexity index is 1070. The number of benzene rings is 2. The molecule has 1 heterocycles. The molecule has 29 heavy (non-hydrogen) atoms. The van der Waals surface area contributed by atoms with Gasteiger partial charge in [-0.2, -0.15) is 0 Å². The molecule has 0 aliphatic heterocycles. The molecule has 5 nitrogen and oxygen atoms in total. The molecule has 0 atom stereocenters. The Hall–Kier alpha value is -2.42. The van der Waals surface area contributed by atoms with E-state index in [9.17, 15) is 13.6 Å². The summed E-state index contributed by atoms with van der Waals surface area (Å²) in [4.78, 5) is 12.2. The number of thioether (sulfide) groups is 1. The third kappa shape index (κ3) is 5.14. The zero-order valence-electron chi connectivity index (χ0n) is 14.8. The highest BCUT2D eigenvalue weighted by Gasteiger charge is 2.17. The first-order valence-electron chi connectivity index (χ1n) is 8.26. The van der Waals surface area contributed by atoms with Gasteiger partial charge in [-0.15, -0.1) is 16.8 Å². The van der Waals surface area contributed by atoms with Crippen LogP contribution in [0.5, 0.6) is 0 Å². The maximum atomic E-state index is 13.7. The molecule has 0 saturated heterocycles. The minimum absolute atomic E-state index is 0.0838. The summed E-state index contributed by atoms with van der Waals surface area (Å²) in [5.41, 5.74) is 0.403. The smallest absolute Gasteiger partial charge is 0.234 e. The van der Waals surface area contributed by atoms with Gasteiger partial charge in [-0.25, -0.2) is 8.78 Å². The minimum atomic E-state index is -0.723. The van der Waals surface area contributed by atoms with Gasteiger partial charge in [-0.05, 0) is 30.3 Å². The van der Waals surface area contributed by atoms with E-state index in [1.54, 1.807) is 28.8 Å². The number of nitrogens with one attached hydrogen (secondary N) is 1. The maximum Gasteiger partial charge on any atom is 0.234 e. The molecule has 150 valence electrons. The first-order chi connectivity index (χ1) is 13.9. The number of hydrogen-bond acceptors (Lipinski definition) is 4. The van der Waals surface area contributed by atoms with Crippen molar-refractivity contribution in [2.45, 2.75) is 11.7 Å². The number of aromatic nitrogens is 3. The van der Waals surface area contributed by atoms with Gasteiger partial charge in [0.05, 0.1) is 16.5 Å². The summed E-state index contributed by atoms with van der Waals surface area (Å²) >= 11 is 13.3. The summed E-state index contributed by atoms with van der Waals surface area (Å²) in [5, 5.41) is 11.9. The summed E-state index contributed by atoms with van der Waals surface area (Å²) in [7, 11) is 0. The summed E-state index contributed by atoms with van der Waals surface area (Å²) in [5.74, 6) is -1.48. The molecule has 0 aliphatic rings. The Labute approximate surface area is 179 Å². The summed E-state index contributed by atoms with van der Waals surface area (Å²) < 4.78 is 28.6. The molecule has 1 aromatic heterocycles. The molecule has 0 spiro atoms. The van der Waals surface area contributed by atoms with E-state index in [2.05, 4.69) is 22.1 Å². The van der Waals surface area contributed by atoms with Crippen LogP contribution in [-0.4, -0.2) is 26.4 Å². The van der Waals surface area contributed by atoms with Crippen molar-refractivity contribution in [2.75, 3.05) is 11.1 Å². The van der Waals surface area contributed by atoms with Crippen LogP contribution in [0.25, 0.3) is 11.4 Å². The number of nitrogens with zero attached hydrogens (tertiary/aromatic N) is 3. The van der Waals surface area contributed by atoms with Crippen LogP contribution >= 0.6 is 35.0 Å². The molecule has 0 aliphatic carbocycles. The number of allylic oxidation sites excluding steroid dienone is 1. The second kappa shape index (κ2) is 9.39. The quantitative estimate of drug-likeness (QED) is 0.381. The van der Waals surface area contributed by atoms with Gasteiger partial charge in [-0.3, -0.25) is 9.36 Å². The third-order valence-corrected chi connectivity index (χ3v) is 5.25. The Morgan fingerprint density at radius 3 is 2.72 bits per heavy atom. The average molecular weight is 455 g/mol. The zero-order valence-corrected chi connectivity index (χ0v) is 17.2. The second-order valence-electron chi connectivity index (χ2n) is 5.79. The van der Waals surface area contributed by atoms with Crippen molar-refractivity contribution in [1.82, 2.24) is 14.8 Å². The van der Waals surface area contributed by atoms with Crippen LogP contribution in [0.3, 0.4) is 0 Å². The van der Waals surface area contributed by atoms with Crippen molar-refractivity contribution in [3.63, 3.8) is 0 Å². The highest BCUT2D eigenvalue weighted by Crippen LogP contribution is 2.31. The first kappa shape index (κ1) is 21.3. The second-order valence-corrected chi connectivity index (χ2v) is 7.58. The monoisotopic (exact) mass is 454 g/mol. The van der Waals surface area contributed by atoms with E-state index in [1.807, 2.05) is 0 Å². The molecular formula is C19H14Cl2F2N4OS. The van der Waals surface area contributed by atoms with E-state index in [4.69, 9.17) is 23.2 Å². The highest BCUT2D eigenvalue weighted by atomic mass is 35.5. The number of halogens is 4. The van der Waals surface area contributed by atoms with Crippen LogP contribution in [0.4, 0.5) is 14.5 Å². The van der Waals surface area contributed by atoms with Crippen LogP contribution in [0.2, 0.25) is 10.0 Å². The summed E-state index contributed by atoms with van der Waals surface area (Å²) in [6, 6.07) is 7.84. The van der Waals surface area contributed by atoms with Crippen LogP contribution < -0.4 is 5.32 Å². The number of rotatable bonds is 7. The molecule has 0 fully saturated rings. The lowest BCUT2D eigenvalue weighted by Crippen LogP contribution is -2.15. The van der Waals surface area contributed by atoms with E-state index >= 15 is 0 Å².